The van der Waals surface area contributed by atoms with Gasteiger partial charge in [-0.1, -0.05) is 6.07 Å². The van der Waals surface area contributed by atoms with Crippen molar-refractivity contribution in [1.82, 2.24) is 0 Å². The molecule has 1 aromatic carbocycles. The zero-order valence-corrected chi connectivity index (χ0v) is 7.57. The molecule has 0 aliphatic carbocycles. The zero-order chi connectivity index (χ0) is 9.42. The molecule has 0 aliphatic heterocycles. The van der Waals surface area contributed by atoms with Gasteiger partial charge in [0.1, 0.15) is 5.82 Å². The Bertz CT molecular complexity index is 452. The number of rotatable bonds is 1. The second-order valence-corrected chi connectivity index (χ2v) is 3.85. The molecule has 0 saturated heterocycles. The Morgan fingerprint density at radius 3 is 2.85 bits per heavy atom. The highest BCUT2D eigenvalue weighted by Crippen LogP contribution is 2.33. The number of hydrogen-bond donors (Lipinski definition) is 2. The van der Waals surface area contributed by atoms with E-state index in [9.17, 15) is 4.39 Å². The lowest BCUT2D eigenvalue weighted by atomic mass is 10.2. The average Bonchev–Trinajstić information content (AvgIpc) is 2.44. The zero-order valence-electron chi connectivity index (χ0n) is 6.75. The van der Waals surface area contributed by atoms with E-state index in [2.05, 4.69) is 0 Å². The summed E-state index contributed by atoms with van der Waals surface area (Å²) in [6.45, 7) is -0.273. The van der Waals surface area contributed by atoms with Gasteiger partial charge >= 0.3 is 0 Å². The molecular formula is C9H8FNOS. The number of benzene rings is 1. The largest absolute Gasteiger partial charge is 0.398 e. The Labute approximate surface area is 78.4 Å². The molecule has 0 unspecified atom stereocenters. The summed E-state index contributed by atoms with van der Waals surface area (Å²) in [6, 6.07) is 5.21. The van der Waals surface area contributed by atoms with Gasteiger partial charge in [-0.25, -0.2) is 4.39 Å². The van der Waals surface area contributed by atoms with Crippen LogP contribution in [0.4, 0.5) is 10.1 Å². The minimum absolute atomic E-state index is 0.273. The van der Waals surface area contributed by atoms with Crippen LogP contribution in [-0.4, -0.2) is 5.11 Å². The molecule has 1 aromatic heterocycles. The smallest absolute Gasteiger partial charge is 0.149 e. The van der Waals surface area contributed by atoms with Crippen molar-refractivity contribution >= 4 is 27.1 Å². The number of aliphatic hydroxyl groups excluding tert-OH is 1. The number of anilines is 1. The van der Waals surface area contributed by atoms with Crippen LogP contribution in [0, 0.1) is 5.82 Å². The van der Waals surface area contributed by atoms with Gasteiger partial charge in [-0.3, -0.25) is 0 Å². The molecule has 2 aromatic rings. The summed E-state index contributed by atoms with van der Waals surface area (Å²) in [5.41, 5.74) is 6.03. The maximum atomic E-state index is 13.5. The number of halogens is 1. The summed E-state index contributed by atoms with van der Waals surface area (Å²) in [6.07, 6.45) is 0. The fraction of sp³-hybridized carbons (Fsp3) is 0.111. The van der Waals surface area contributed by atoms with Crippen molar-refractivity contribution in [3.63, 3.8) is 0 Å². The fourth-order valence-corrected chi connectivity index (χ4v) is 2.26. The molecule has 0 amide bonds. The summed E-state index contributed by atoms with van der Waals surface area (Å²) in [7, 11) is 0. The van der Waals surface area contributed by atoms with Crippen molar-refractivity contribution in [3.8, 4) is 0 Å². The lowest BCUT2D eigenvalue weighted by Gasteiger charge is -1.94. The summed E-state index contributed by atoms with van der Waals surface area (Å²) < 4.78 is 14.2. The van der Waals surface area contributed by atoms with Gasteiger partial charge in [-0.15, -0.1) is 11.3 Å². The fourth-order valence-electron chi connectivity index (χ4n) is 1.29. The average molecular weight is 197 g/mol. The molecule has 0 bridgehead atoms. The summed E-state index contributed by atoms with van der Waals surface area (Å²) >= 11 is 1.23. The number of fused-ring (bicyclic) bond motifs is 1. The van der Waals surface area contributed by atoms with E-state index in [4.69, 9.17) is 10.8 Å². The molecule has 13 heavy (non-hydrogen) atoms. The van der Waals surface area contributed by atoms with Crippen molar-refractivity contribution in [2.24, 2.45) is 0 Å². The van der Waals surface area contributed by atoms with E-state index >= 15 is 0 Å². The van der Waals surface area contributed by atoms with Crippen LogP contribution < -0.4 is 5.73 Å². The van der Waals surface area contributed by atoms with Crippen LogP contribution in [0.1, 0.15) is 4.88 Å². The molecule has 0 aliphatic rings. The Morgan fingerprint density at radius 1 is 1.46 bits per heavy atom. The summed E-state index contributed by atoms with van der Waals surface area (Å²) in [5, 5.41) is 9.27. The van der Waals surface area contributed by atoms with Crippen LogP contribution in [-0.2, 0) is 6.61 Å². The van der Waals surface area contributed by atoms with Crippen molar-refractivity contribution in [2.45, 2.75) is 6.61 Å². The van der Waals surface area contributed by atoms with Gasteiger partial charge in [-0.05, 0) is 12.1 Å². The summed E-state index contributed by atoms with van der Waals surface area (Å²) in [5.74, 6) is -0.388. The maximum Gasteiger partial charge on any atom is 0.149 e. The Balaban J connectivity index is 2.85. The minimum atomic E-state index is -0.388. The first-order valence-corrected chi connectivity index (χ1v) is 4.62. The predicted molar refractivity (Wildman–Crippen MR) is 52.1 cm³/mol. The first kappa shape index (κ1) is 8.47. The number of thiophene rings is 1. The Kier molecular flexibility index (Phi) is 1.94. The highest BCUT2D eigenvalue weighted by molar-refractivity contribution is 7.19. The van der Waals surface area contributed by atoms with Gasteiger partial charge in [0.25, 0.3) is 0 Å². The van der Waals surface area contributed by atoms with Crippen molar-refractivity contribution in [1.29, 1.82) is 0 Å². The molecule has 0 saturated carbocycles. The van der Waals surface area contributed by atoms with Crippen LogP contribution in [0.2, 0.25) is 0 Å². The van der Waals surface area contributed by atoms with E-state index in [1.165, 1.54) is 11.3 Å². The molecule has 0 atom stereocenters. The standard InChI is InChI=1S/C9H8FNOS/c10-9-7(4-12)13-6-3-1-2-5(11)8(6)9/h1-3,12H,4,11H2. The van der Waals surface area contributed by atoms with E-state index in [-0.39, 0.29) is 12.4 Å². The SMILES string of the molecule is Nc1cccc2sc(CO)c(F)c12. The maximum absolute atomic E-state index is 13.5. The lowest BCUT2D eigenvalue weighted by Crippen LogP contribution is -1.87. The van der Waals surface area contributed by atoms with E-state index in [1.54, 1.807) is 18.2 Å². The monoisotopic (exact) mass is 197 g/mol. The molecule has 2 rings (SSSR count). The molecule has 0 spiro atoms. The van der Waals surface area contributed by atoms with E-state index < -0.39 is 0 Å². The molecule has 68 valence electrons. The highest BCUT2D eigenvalue weighted by Gasteiger charge is 2.12. The molecule has 1 heterocycles. The van der Waals surface area contributed by atoms with Gasteiger partial charge in [0, 0.05) is 10.4 Å². The third kappa shape index (κ3) is 1.18. The molecule has 3 N–H and O–H groups in total. The normalized spacial score (nSPS) is 10.9. The molecule has 0 fully saturated rings. The molecule has 0 radical (unpaired) electrons. The van der Waals surface area contributed by atoms with Gasteiger partial charge in [0.2, 0.25) is 0 Å². The van der Waals surface area contributed by atoms with E-state index in [1.807, 2.05) is 0 Å². The second kappa shape index (κ2) is 2.97. The Morgan fingerprint density at radius 2 is 2.23 bits per heavy atom. The van der Waals surface area contributed by atoms with E-state index in [0.717, 1.165) is 4.70 Å². The van der Waals surface area contributed by atoms with Gasteiger partial charge in [-0.2, -0.15) is 0 Å². The van der Waals surface area contributed by atoms with Gasteiger partial charge in [0.05, 0.1) is 16.9 Å². The van der Waals surface area contributed by atoms with E-state index in [0.29, 0.717) is 16.0 Å². The third-order valence-electron chi connectivity index (χ3n) is 1.90. The number of nitrogen functional groups attached to an aromatic ring is 1. The predicted octanol–water partition coefficient (Wildman–Crippen LogP) is 2.11. The topological polar surface area (TPSA) is 46.2 Å². The lowest BCUT2D eigenvalue weighted by molar-refractivity contribution is 0.280. The van der Waals surface area contributed by atoms with Crippen molar-refractivity contribution < 1.29 is 9.50 Å². The number of hydrogen-bond acceptors (Lipinski definition) is 3. The molecular weight excluding hydrogens is 189 g/mol. The number of nitrogens with two attached hydrogens (primary N) is 1. The third-order valence-corrected chi connectivity index (χ3v) is 3.01. The van der Waals surface area contributed by atoms with Crippen LogP contribution >= 0.6 is 11.3 Å². The van der Waals surface area contributed by atoms with Crippen molar-refractivity contribution in [3.05, 3.63) is 28.9 Å². The molecule has 2 nitrogen and oxygen atoms in total. The van der Waals surface area contributed by atoms with Crippen LogP contribution in [0.5, 0.6) is 0 Å². The highest BCUT2D eigenvalue weighted by atomic mass is 32.1. The van der Waals surface area contributed by atoms with Crippen LogP contribution in [0.3, 0.4) is 0 Å². The Hall–Kier alpha value is -1.13. The minimum Gasteiger partial charge on any atom is -0.398 e. The van der Waals surface area contributed by atoms with Crippen molar-refractivity contribution in [2.75, 3.05) is 5.73 Å². The quantitative estimate of drug-likeness (QED) is 0.688. The van der Waals surface area contributed by atoms with Gasteiger partial charge < -0.3 is 10.8 Å². The van der Waals surface area contributed by atoms with Crippen LogP contribution in [0.15, 0.2) is 18.2 Å². The van der Waals surface area contributed by atoms with Gasteiger partial charge in [0.15, 0.2) is 0 Å². The first-order chi connectivity index (χ1) is 6.24. The second-order valence-electron chi connectivity index (χ2n) is 2.72. The number of aliphatic hydroxyl groups is 1. The van der Waals surface area contributed by atoms with Crippen LogP contribution in [0.25, 0.3) is 10.1 Å². The molecule has 4 heteroatoms. The summed E-state index contributed by atoms with van der Waals surface area (Å²) in [4.78, 5) is 0.341. The first-order valence-electron chi connectivity index (χ1n) is 3.80.